The summed E-state index contributed by atoms with van der Waals surface area (Å²) in [4.78, 5) is 4.81. The topological polar surface area (TPSA) is 24.9 Å². The molecule has 2 aromatic rings. The summed E-state index contributed by atoms with van der Waals surface area (Å²) in [7, 11) is 0. The van der Waals surface area contributed by atoms with Crippen molar-refractivity contribution in [3.63, 3.8) is 0 Å². The van der Waals surface area contributed by atoms with Crippen molar-refractivity contribution in [1.29, 1.82) is 0 Å². The van der Waals surface area contributed by atoms with E-state index in [9.17, 15) is 0 Å². The maximum Gasteiger partial charge on any atom is 0.0553 e. The van der Waals surface area contributed by atoms with Crippen LogP contribution in [0.5, 0.6) is 0 Å². The van der Waals surface area contributed by atoms with Gasteiger partial charge >= 0.3 is 0 Å². The minimum atomic E-state index is 0.357. The largest absolute Gasteiger partial charge is 0.317 e. The Morgan fingerprint density at radius 1 is 1.17 bits per heavy atom. The molecule has 1 saturated heterocycles. The van der Waals surface area contributed by atoms with Crippen LogP contribution < -0.4 is 5.32 Å². The van der Waals surface area contributed by atoms with Gasteiger partial charge in [0.25, 0.3) is 0 Å². The van der Waals surface area contributed by atoms with Gasteiger partial charge in [0.15, 0.2) is 0 Å². The Morgan fingerprint density at radius 2 is 1.96 bits per heavy atom. The third-order valence-electron chi connectivity index (χ3n) is 5.43. The van der Waals surface area contributed by atoms with Gasteiger partial charge in [-0.15, -0.1) is 0 Å². The lowest BCUT2D eigenvalue weighted by Crippen LogP contribution is -2.32. The number of nitrogens with zero attached hydrogens (tertiary/aromatic N) is 1. The van der Waals surface area contributed by atoms with Crippen LogP contribution in [-0.4, -0.2) is 18.1 Å². The van der Waals surface area contributed by atoms with E-state index in [1.807, 2.05) is 12.3 Å². The molecule has 0 bridgehead atoms. The van der Waals surface area contributed by atoms with Crippen molar-refractivity contribution in [2.75, 3.05) is 13.1 Å². The van der Waals surface area contributed by atoms with Crippen LogP contribution in [0.2, 0.25) is 5.02 Å². The lowest BCUT2D eigenvalue weighted by molar-refractivity contribution is 0.339. The fourth-order valence-electron chi connectivity index (χ4n) is 4.15. The number of pyridine rings is 1. The van der Waals surface area contributed by atoms with Gasteiger partial charge in [0.2, 0.25) is 0 Å². The first kappa shape index (κ1) is 15.9. The Labute approximate surface area is 149 Å². The fraction of sp³-hybridized carbons (Fsp3) is 0.381. The van der Waals surface area contributed by atoms with Crippen LogP contribution in [0.3, 0.4) is 0 Å². The maximum absolute atomic E-state index is 6.50. The molecular formula is C21H23ClN2. The number of hydrogen-bond donors (Lipinski definition) is 1. The molecular weight excluding hydrogens is 316 g/mol. The molecule has 3 heteroatoms. The summed E-state index contributed by atoms with van der Waals surface area (Å²) in [5.74, 6) is 0.986. The van der Waals surface area contributed by atoms with Gasteiger partial charge < -0.3 is 5.32 Å². The van der Waals surface area contributed by atoms with E-state index in [1.165, 1.54) is 40.8 Å². The Bertz CT molecular complexity index is 775. The average molecular weight is 339 g/mol. The second-order valence-corrected chi connectivity index (χ2v) is 7.21. The van der Waals surface area contributed by atoms with Crippen LogP contribution in [0.25, 0.3) is 12.2 Å². The van der Waals surface area contributed by atoms with Gasteiger partial charge in [-0.1, -0.05) is 42.8 Å². The average Bonchev–Trinajstić information content (AvgIpc) is 2.78. The minimum absolute atomic E-state index is 0.357. The first-order chi connectivity index (χ1) is 11.8. The lowest BCUT2D eigenvalue weighted by Gasteiger charge is -2.32. The van der Waals surface area contributed by atoms with Gasteiger partial charge in [-0.05, 0) is 72.7 Å². The van der Waals surface area contributed by atoms with Crippen LogP contribution in [0.4, 0.5) is 0 Å². The fourth-order valence-corrected chi connectivity index (χ4v) is 4.46. The minimum Gasteiger partial charge on any atom is -0.317 e. The highest BCUT2D eigenvalue weighted by Crippen LogP contribution is 2.42. The molecule has 1 fully saturated rings. The van der Waals surface area contributed by atoms with E-state index in [2.05, 4.69) is 42.6 Å². The van der Waals surface area contributed by atoms with E-state index in [-0.39, 0.29) is 0 Å². The number of fused-ring (bicyclic) bond motifs is 2. The zero-order valence-electron chi connectivity index (χ0n) is 14.1. The summed E-state index contributed by atoms with van der Waals surface area (Å²) in [6, 6.07) is 8.69. The molecule has 0 radical (unpaired) electrons. The van der Waals surface area contributed by atoms with Gasteiger partial charge in [-0.3, -0.25) is 4.98 Å². The molecule has 1 aromatic carbocycles. The van der Waals surface area contributed by atoms with E-state index in [1.54, 1.807) is 0 Å². The zero-order valence-corrected chi connectivity index (χ0v) is 14.8. The molecule has 1 N–H and O–H groups in total. The third-order valence-corrected chi connectivity index (χ3v) is 5.78. The van der Waals surface area contributed by atoms with E-state index >= 15 is 0 Å². The van der Waals surface area contributed by atoms with Crippen molar-refractivity contribution < 1.29 is 0 Å². The van der Waals surface area contributed by atoms with Gasteiger partial charge in [-0.25, -0.2) is 0 Å². The van der Waals surface area contributed by atoms with Gasteiger partial charge in [0.1, 0.15) is 0 Å². The van der Waals surface area contributed by atoms with E-state index in [4.69, 9.17) is 16.6 Å². The molecule has 0 spiro atoms. The van der Waals surface area contributed by atoms with Crippen LogP contribution in [0, 0.1) is 5.92 Å². The summed E-state index contributed by atoms with van der Waals surface area (Å²) in [6.07, 6.45) is 9.70. The number of aromatic nitrogens is 1. The van der Waals surface area contributed by atoms with E-state index < -0.39 is 0 Å². The first-order valence-electron chi connectivity index (χ1n) is 8.94. The Balaban J connectivity index is 1.91. The number of hydrogen-bond acceptors (Lipinski definition) is 2. The van der Waals surface area contributed by atoms with Gasteiger partial charge in [0, 0.05) is 17.1 Å². The van der Waals surface area contributed by atoms with E-state index in [0.29, 0.717) is 11.8 Å². The normalized spacial score (nSPS) is 20.3. The van der Waals surface area contributed by atoms with Crippen molar-refractivity contribution in [3.8, 4) is 0 Å². The smallest absolute Gasteiger partial charge is 0.0553 e. The highest BCUT2D eigenvalue weighted by atomic mass is 35.5. The summed E-state index contributed by atoms with van der Waals surface area (Å²) in [5.41, 5.74) is 6.35. The van der Waals surface area contributed by atoms with Crippen LogP contribution in [-0.2, 0) is 6.42 Å². The molecule has 2 heterocycles. The number of benzene rings is 1. The molecule has 1 aliphatic carbocycles. The molecule has 1 unspecified atom stereocenters. The summed E-state index contributed by atoms with van der Waals surface area (Å²) in [6.45, 7) is 4.37. The van der Waals surface area contributed by atoms with E-state index in [0.717, 1.165) is 24.5 Å². The predicted octanol–water partition coefficient (Wildman–Crippen LogP) is 4.91. The number of halogens is 1. The monoisotopic (exact) mass is 338 g/mol. The van der Waals surface area contributed by atoms with Crippen molar-refractivity contribution in [2.24, 2.45) is 5.92 Å². The Hall–Kier alpha value is -1.64. The number of aryl methyl sites for hydroxylation is 1. The summed E-state index contributed by atoms with van der Waals surface area (Å²) >= 11 is 6.50. The second-order valence-electron chi connectivity index (χ2n) is 6.80. The molecule has 24 heavy (non-hydrogen) atoms. The summed E-state index contributed by atoms with van der Waals surface area (Å²) in [5, 5.41) is 4.37. The van der Waals surface area contributed by atoms with Crippen LogP contribution >= 0.6 is 11.6 Å². The first-order valence-corrected chi connectivity index (χ1v) is 9.31. The molecule has 1 atom stereocenters. The van der Waals surface area contributed by atoms with Crippen molar-refractivity contribution in [2.45, 2.75) is 32.1 Å². The third kappa shape index (κ3) is 2.78. The highest BCUT2D eigenvalue weighted by molar-refractivity contribution is 6.31. The molecule has 2 aliphatic rings. The predicted molar refractivity (Wildman–Crippen MR) is 101 cm³/mol. The van der Waals surface area contributed by atoms with Gasteiger partial charge in [0.05, 0.1) is 5.69 Å². The van der Waals surface area contributed by atoms with Crippen molar-refractivity contribution in [3.05, 3.63) is 63.4 Å². The maximum atomic E-state index is 6.50. The number of nitrogens with one attached hydrogen (secondary N) is 1. The molecule has 1 aromatic heterocycles. The quantitative estimate of drug-likeness (QED) is 0.841. The van der Waals surface area contributed by atoms with Crippen LogP contribution in [0.15, 0.2) is 30.5 Å². The standard InChI is InChI=1S/C21H23ClN2/c1-2-14-12-18-17(13-19(14)22)6-5-16-4-3-9-24-21(16)20(18)15-7-10-23-11-8-15/h3-6,9,12-13,15,20,23H,2,7-8,10-11H2,1H3. The highest BCUT2D eigenvalue weighted by Gasteiger charge is 2.31. The van der Waals surface area contributed by atoms with Crippen LogP contribution in [0.1, 0.15) is 53.6 Å². The molecule has 124 valence electrons. The molecule has 0 saturated carbocycles. The SMILES string of the molecule is CCc1cc2c(cc1Cl)C=Cc1cccnc1C2C1CCNCC1. The van der Waals surface area contributed by atoms with Crippen molar-refractivity contribution in [1.82, 2.24) is 10.3 Å². The Morgan fingerprint density at radius 3 is 2.75 bits per heavy atom. The molecule has 0 amide bonds. The zero-order chi connectivity index (χ0) is 16.5. The number of rotatable bonds is 2. The Kier molecular flexibility index (Phi) is 4.43. The number of piperidine rings is 1. The van der Waals surface area contributed by atoms with Crippen molar-refractivity contribution >= 4 is 23.8 Å². The van der Waals surface area contributed by atoms with Gasteiger partial charge in [-0.2, -0.15) is 0 Å². The second kappa shape index (κ2) is 6.70. The molecule has 4 rings (SSSR count). The molecule has 1 aliphatic heterocycles. The summed E-state index contributed by atoms with van der Waals surface area (Å²) < 4.78 is 0. The molecule has 2 nitrogen and oxygen atoms in total. The lowest BCUT2D eigenvalue weighted by atomic mass is 9.76.